The molecule has 1 aromatic rings. The molecule has 88 valence electrons. The van der Waals surface area contributed by atoms with Crippen molar-refractivity contribution in [2.24, 2.45) is 5.73 Å². The standard InChI is InChI=1S/C12H19N3O/c1-15(2)12(16)14-9-8-11(13)10-6-4-3-5-7-10/h3-7,11H,8-9,13H2,1-2H3,(H,14,16). The van der Waals surface area contributed by atoms with Gasteiger partial charge >= 0.3 is 6.03 Å². The number of hydrogen-bond donors (Lipinski definition) is 2. The van der Waals surface area contributed by atoms with Crippen molar-refractivity contribution in [3.05, 3.63) is 35.9 Å². The maximum Gasteiger partial charge on any atom is 0.316 e. The van der Waals surface area contributed by atoms with Gasteiger partial charge in [0.2, 0.25) is 0 Å². The van der Waals surface area contributed by atoms with Gasteiger partial charge in [0.1, 0.15) is 0 Å². The maximum atomic E-state index is 11.2. The van der Waals surface area contributed by atoms with Crippen LogP contribution in [0.15, 0.2) is 30.3 Å². The topological polar surface area (TPSA) is 58.4 Å². The first kappa shape index (κ1) is 12.5. The third kappa shape index (κ3) is 3.90. The second-order valence-corrected chi connectivity index (χ2v) is 3.93. The van der Waals surface area contributed by atoms with E-state index in [1.54, 1.807) is 14.1 Å². The highest BCUT2D eigenvalue weighted by Gasteiger charge is 2.06. The van der Waals surface area contributed by atoms with Crippen LogP contribution < -0.4 is 11.1 Å². The van der Waals surface area contributed by atoms with Crippen LogP contribution in [0.2, 0.25) is 0 Å². The Morgan fingerprint density at radius 2 is 2.00 bits per heavy atom. The summed E-state index contributed by atoms with van der Waals surface area (Å²) in [6, 6.07) is 9.78. The summed E-state index contributed by atoms with van der Waals surface area (Å²) in [5, 5.41) is 2.79. The van der Waals surface area contributed by atoms with Gasteiger partial charge in [-0.05, 0) is 12.0 Å². The molecular weight excluding hydrogens is 202 g/mol. The summed E-state index contributed by atoms with van der Waals surface area (Å²) in [5.41, 5.74) is 7.09. The Balaban J connectivity index is 2.31. The van der Waals surface area contributed by atoms with Crippen LogP contribution in [0, 0.1) is 0 Å². The van der Waals surface area contributed by atoms with E-state index in [0.717, 1.165) is 12.0 Å². The Hall–Kier alpha value is -1.55. The zero-order valence-electron chi connectivity index (χ0n) is 9.81. The second kappa shape index (κ2) is 6.12. The summed E-state index contributed by atoms with van der Waals surface area (Å²) in [5.74, 6) is 0. The second-order valence-electron chi connectivity index (χ2n) is 3.93. The van der Waals surface area contributed by atoms with E-state index in [-0.39, 0.29) is 12.1 Å². The number of nitrogens with zero attached hydrogens (tertiary/aromatic N) is 1. The number of hydrogen-bond acceptors (Lipinski definition) is 2. The lowest BCUT2D eigenvalue weighted by Crippen LogP contribution is -2.35. The number of carbonyl (C=O) groups is 1. The van der Waals surface area contributed by atoms with Gasteiger partial charge < -0.3 is 16.0 Å². The smallest absolute Gasteiger partial charge is 0.316 e. The molecule has 16 heavy (non-hydrogen) atoms. The van der Waals surface area contributed by atoms with Crippen LogP contribution in [-0.2, 0) is 0 Å². The van der Waals surface area contributed by atoms with Crippen LogP contribution in [-0.4, -0.2) is 31.6 Å². The highest BCUT2D eigenvalue weighted by Crippen LogP contribution is 2.11. The van der Waals surface area contributed by atoms with Crippen LogP contribution in [0.3, 0.4) is 0 Å². The van der Waals surface area contributed by atoms with Gasteiger partial charge in [-0.2, -0.15) is 0 Å². The van der Waals surface area contributed by atoms with Gasteiger partial charge in [0.25, 0.3) is 0 Å². The molecule has 2 amide bonds. The average Bonchev–Trinajstić information content (AvgIpc) is 2.29. The number of nitrogens with two attached hydrogens (primary N) is 1. The maximum absolute atomic E-state index is 11.2. The molecule has 0 saturated carbocycles. The predicted octanol–water partition coefficient (Wildman–Crippen LogP) is 1.35. The van der Waals surface area contributed by atoms with Crippen molar-refractivity contribution in [2.75, 3.05) is 20.6 Å². The molecule has 0 aromatic heterocycles. The summed E-state index contributed by atoms with van der Waals surface area (Å²) in [6.45, 7) is 0.590. The molecule has 1 aromatic carbocycles. The molecule has 0 bridgehead atoms. The fraction of sp³-hybridized carbons (Fsp3) is 0.417. The van der Waals surface area contributed by atoms with E-state index in [1.807, 2.05) is 30.3 Å². The first-order valence-electron chi connectivity index (χ1n) is 5.37. The Morgan fingerprint density at radius 1 is 1.38 bits per heavy atom. The molecule has 3 N–H and O–H groups in total. The number of urea groups is 1. The number of nitrogens with one attached hydrogen (secondary N) is 1. The molecule has 4 nitrogen and oxygen atoms in total. The molecule has 1 atom stereocenters. The van der Waals surface area contributed by atoms with E-state index >= 15 is 0 Å². The first-order valence-corrected chi connectivity index (χ1v) is 5.37. The van der Waals surface area contributed by atoms with E-state index < -0.39 is 0 Å². The van der Waals surface area contributed by atoms with E-state index in [1.165, 1.54) is 4.90 Å². The largest absolute Gasteiger partial charge is 0.338 e. The third-order valence-electron chi connectivity index (χ3n) is 2.37. The van der Waals surface area contributed by atoms with Crippen LogP contribution in [0.5, 0.6) is 0 Å². The van der Waals surface area contributed by atoms with Crippen molar-refractivity contribution >= 4 is 6.03 Å². The Bertz CT molecular complexity index is 324. The lowest BCUT2D eigenvalue weighted by molar-refractivity contribution is 0.217. The molecule has 0 radical (unpaired) electrons. The van der Waals surface area contributed by atoms with Crippen LogP contribution in [0.1, 0.15) is 18.0 Å². The molecule has 0 heterocycles. The molecular formula is C12H19N3O. The van der Waals surface area contributed by atoms with Crippen molar-refractivity contribution in [2.45, 2.75) is 12.5 Å². The number of carbonyl (C=O) groups excluding carboxylic acids is 1. The van der Waals surface area contributed by atoms with Gasteiger partial charge in [-0.3, -0.25) is 0 Å². The van der Waals surface area contributed by atoms with Crippen molar-refractivity contribution in [3.8, 4) is 0 Å². The summed E-state index contributed by atoms with van der Waals surface area (Å²) >= 11 is 0. The zero-order valence-corrected chi connectivity index (χ0v) is 9.81. The van der Waals surface area contributed by atoms with Crippen molar-refractivity contribution in [1.82, 2.24) is 10.2 Å². The minimum atomic E-state index is -0.0831. The molecule has 0 saturated heterocycles. The lowest BCUT2D eigenvalue weighted by atomic mass is 10.1. The SMILES string of the molecule is CN(C)C(=O)NCCC(N)c1ccccc1. The van der Waals surface area contributed by atoms with E-state index in [2.05, 4.69) is 5.32 Å². The van der Waals surface area contributed by atoms with E-state index in [0.29, 0.717) is 6.54 Å². The Labute approximate surface area is 96.4 Å². The molecule has 0 aliphatic heterocycles. The van der Waals surface area contributed by atoms with E-state index in [4.69, 9.17) is 5.73 Å². The molecule has 1 unspecified atom stereocenters. The number of benzene rings is 1. The predicted molar refractivity (Wildman–Crippen MR) is 65.1 cm³/mol. The van der Waals surface area contributed by atoms with Gasteiger partial charge in [0.15, 0.2) is 0 Å². The molecule has 0 aliphatic rings. The molecule has 0 fully saturated rings. The fourth-order valence-corrected chi connectivity index (χ4v) is 1.36. The lowest BCUT2D eigenvalue weighted by Gasteiger charge is -2.15. The van der Waals surface area contributed by atoms with E-state index in [9.17, 15) is 4.79 Å². The van der Waals surface area contributed by atoms with Crippen molar-refractivity contribution < 1.29 is 4.79 Å². The Morgan fingerprint density at radius 3 is 2.56 bits per heavy atom. The zero-order chi connectivity index (χ0) is 12.0. The normalized spacial score (nSPS) is 11.9. The highest BCUT2D eigenvalue weighted by molar-refractivity contribution is 5.73. The van der Waals surface area contributed by atoms with Gasteiger partial charge in [-0.25, -0.2) is 4.79 Å². The van der Waals surface area contributed by atoms with Gasteiger partial charge in [-0.1, -0.05) is 30.3 Å². The molecule has 1 rings (SSSR count). The van der Waals surface area contributed by atoms with Crippen molar-refractivity contribution in [3.63, 3.8) is 0 Å². The van der Waals surface area contributed by atoms with Gasteiger partial charge in [-0.15, -0.1) is 0 Å². The summed E-state index contributed by atoms with van der Waals surface area (Å²) in [6.07, 6.45) is 0.740. The minimum absolute atomic E-state index is 0.0244. The fourth-order valence-electron chi connectivity index (χ4n) is 1.36. The Kier molecular flexibility index (Phi) is 4.79. The first-order chi connectivity index (χ1) is 7.61. The molecule has 0 spiro atoms. The average molecular weight is 221 g/mol. The van der Waals surface area contributed by atoms with Crippen LogP contribution >= 0.6 is 0 Å². The van der Waals surface area contributed by atoms with Gasteiger partial charge in [0, 0.05) is 26.7 Å². The van der Waals surface area contributed by atoms with Gasteiger partial charge in [0.05, 0.1) is 0 Å². The highest BCUT2D eigenvalue weighted by atomic mass is 16.2. The monoisotopic (exact) mass is 221 g/mol. The van der Waals surface area contributed by atoms with Crippen LogP contribution in [0.4, 0.5) is 4.79 Å². The number of rotatable bonds is 4. The third-order valence-corrected chi connectivity index (χ3v) is 2.37. The van der Waals surface area contributed by atoms with Crippen molar-refractivity contribution in [1.29, 1.82) is 0 Å². The summed E-state index contributed by atoms with van der Waals surface area (Å²) < 4.78 is 0. The van der Waals surface area contributed by atoms with Crippen LogP contribution in [0.25, 0.3) is 0 Å². The molecule has 0 aliphatic carbocycles. The summed E-state index contributed by atoms with van der Waals surface area (Å²) in [7, 11) is 3.43. The number of amides is 2. The summed E-state index contributed by atoms with van der Waals surface area (Å²) in [4.78, 5) is 12.7. The molecule has 4 heteroatoms. The quantitative estimate of drug-likeness (QED) is 0.806. The minimum Gasteiger partial charge on any atom is -0.338 e.